The number of benzene rings is 1. The van der Waals surface area contributed by atoms with Gasteiger partial charge in [0, 0.05) is 12.6 Å². The number of hydrogen-bond donors (Lipinski definition) is 1. The van der Waals surface area contributed by atoms with Crippen molar-refractivity contribution in [2.24, 2.45) is 5.92 Å². The molecule has 3 heteroatoms. The Morgan fingerprint density at radius 1 is 1.05 bits per heavy atom. The molecule has 1 N–H and O–H groups in total. The lowest BCUT2D eigenvalue weighted by Gasteiger charge is -2.34. The van der Waals surface area contributed by atoms with Gasteiger partial charge in [0.15, 0.2) is 0 Å². The van der Waals surface area contributed by atoms with Crippen molar-refractivity contribution in [2.75, 3.05) is 26.7 Å². The van der Waals surface area contributed by atoms with E-state index in [-0.39, 0.29) is 12.4 Å². The van der Waals surface area contributed by atoms with Gasteiger partial charge in [-0.3, -0.25) is 0 Å². The topological polar surface area (TPSA) is 15.3 Å². The van der Waals surface area contributed by atoms with Crippen molar-refractivity contribution in [1.29, 1.82) is 0 Å². The van der Waals surface area contributed by atoms with Gasteiger partial charge in [-0.15, -0.1) is 12.4 Å². The summed E-state index contributed by atoms with van der Waals surface area (Å²) >= 11 is 0. The highest BCUT2D eigenvalue weighted by atomic mass is 35.5. The fourth-order valence-corrected chi connectivity index (χ4v) is 4.28. The van der Waals surface area contributed by atoms with E-state index in [1.807, 2.05) is 0 Å². The third-order valence-corrected chi connectivity index (χ3v) is 5.56. The number of hydrogen-bond acceptors (Lipinski definition) is 2. The molecule has 1 aliphatic heterocycles. The van der Waals surface area contributed by atoms with Crippen LogP contribution in [0, 0.1) is 12.8 Å². The molecule has 0 amide bonds. The molecule has 0 spiro atoms. The Morgan fingerprint density at radius 3 is 2.41 bits per heavy atom. The fraction of sp³-hybridized carbons (Fsp3) is 0.684. The minimum absolute atomic E-state index is 0. The Morgan fingerprint density at radius 2 is 1.73 bits per heavy atom. The van der Waals surface area contributed by atoms with Crippen LogP contribution < -0.4 is 5.32 Å². The summed E-state index contributed by atoms with van der Waals surface area (Å²) in [6.45, 7) is 5.89. The zero-order chi connectivity index (χ0) is 14.7. The van der Waals surface area contributed by atoms with E-state index in [1.165, 1.54) is 57.3 Å². The smallest absolute Gasteiger partial charge is 0.0161 e. The minimum atomic E-state index is 0. The zero-order valence-electron chi connectivity index (χ0n) is 14.1. The predicted molar refractivity (Wildman–Crippen MR) is 97.0 cm³/mol. The number of nitrogens with zero attached hydrogens (tertiary/aromatic N) is 1. The second-order valence-corrected chi connectivity index (χ2v) is 7.15. The highest BCUT2D eigenvalue weighted by molar-refractivity contribution is 5.85. The van der Waals surface area contributed by atoms with Crippen molar-refractivity contribution in [3.8, 4) is 0 Å². The molecule has 124 valence electrons. The van der Waals surface area contributed by atoms with E-state index >= 15 is 0 Å². The fourth-order valence-electron chi connectivity index (χ4n) is 4.28. The Bertz CT molecular complexity index is 439. The van der Waals surface area contributed by atoms with Crippen LogP contribution in [0.2, 0.25) is 0 Å². The summed E-state index contributed by atoms with van der Waals surface area (Å²) in [5, 5.41) is 3.48. The standard InChI is InChI=1S/C19H30N2.ClH/c1-15-6-8-17(9-7-15)18-4-3-5-19(18)21(2)14-16-10-12-20-13-11-16;/h6-9,16,18-20H,3-5,10-14H2,1-2H3;1H. The van der Waals surface area contributed by atoms with Gasteiger partial charge >= 0.3 is 0 Å². The lowest BCUT2D eigenvalue weighted by atomic mass is 9.91. The third-order valence-electron chi connectivity index (χ3n) is 5.56. The number of piperidine rings is 1. The molecule has 2 nitrogen and oxygen atoms in total. The first-order valence-electron chi connectivity index (χ1n) is 8.71. The zero-order valence-corrected chi connectivity index (χ0v) is 14.9. The number of aryl methyl sites for hydroxylation is 1. The van der Waals surface area contributed by atoms with E-state index in [9.17, 15) is 0 Å². The molecule has 1 saturated heterocycles. The Balaban J connectivity index is 0.00000176. The number of nitrogens with one attached hydrogen (secondary N) is 1. The van der Waals surface area contributed by atoms with Crippen LogP contribution in [0.4, 0.5) is 0 Å². The Labute approximate surface area is 142 Å². The number of rotatable bonds is 4. The van der Waals surface area contributed by atoms with Crippen LogP contribution in [0.25, 0.3) is 0 Å². The Hall–Kier alpha value is -0.570. The summed E-state index contributed by atoms with van der Waals surface area (Å²) in [5.41, 5.74) is 2.93. The highest BCUT2D eigenvalue weighted by Gasteiger charge is 2.32. The van der Waals surface area contributed by atoms with E-state index in [4.69, 9.17) is 0 Å². The molecule has 2 fully saturated rings. The van der Waals surface area contributed by atoms with E-state index in [0.29, 0.717) is 0 Å². The molecule has 1 saturated carbocycles. The number of halogens is 1. The van der Waals surface area contributed by atoms with Gasteiger partial charge in [-0.1, -0.05) is 36.2 Å². The lowest BCUT2D eigenvalue weighted by Crippen LogP contribution is -2.40. The van der Waals surface area contributed by atoms with Crippen molar-refractivity contribution in [3.05, 3.63) is 35.4 Å². The molecule has 2 aliphatic rings. The molecule has 0 aromatic heterocycles. The maximum atomic E-state index is 3.48. The molecule has 22 heavy (non-hydrogen) atoms. The van der Waals surface area contributed by atoms with Crippen molar-refractivity contribution in [1.82, 2.24) is 10.2 Å². The molecule has 2 unspecified atom stereocenters. The first kappa shape index (κ1) is 17.8. The van der Waals surface area contributed by atoms with Gasteiger partial charge in [0.25, 0.3) is 0 Å². The van der Waals surface area contributed by atoms with E-state index in [1.54, 1.807) is 5.56 Å². The summed E-state index contributed by atoms with van der Waals surface area (Å²) in [7, 11) is 2.36. The van der Waals surface area contributed by atoms with Gasteiger partial charge in [0.2, 0.25) is 0 Å². The van der Waals surface area contributed by atoms with E-state index < -0.39 is 0 Å². The third kappa shape index (κ3) is 4.24. The first-order chi connectivity index (χ1) is 10.2. The van der Waals surface area contributed by atoms with Gasteiger partial charge in [-0.2, -0.15) is 0 Å². The van der Waals surface area contributed by atoms with Crippen molar-refractivity contribution in [3.63, 3.8) is 0 Å². The van der Waals surface area contributed by atoms with Gasteiger partial charge in [0.05, 0.1) is 0 Å². The van der Waals surface area contributed by atoms with Crippen molar-refractivity contribution >= 4 is 12.4 Å². The number of likely N-dealkylation sites (N-methyl/N-ethyl adjacent to an activating group) is 1. The molecular weight excluding hydrogens is 292 g/mol. The SMILES string of the molecule is Cc1ccc(C2CCCC2N(C)CC2CCNCC2)cc1.Cl. The second kappa shape index (κ2) is 8.33. The normalized spacial score (nSPS) is 26.1. The molecule has 2 atom stereocenters. The molecule has 1 heterocycles. The molecule has 0 radical (unpaired) electrons. The monoisotopic (exact) mass is 322 g/mol. The summed E-state index contributed by atoms with van der Waals surface area (Å²) < 4.78 is 0. The van der Waals surface area contributed by atoms with E-state index in [2.05, 4.69) is 48.5 Å². The van der Waals surface area contributed by atoms with Crippen molar-refractivity contribution < 1.29 is 0 Å². The maximum absolute atomic E-state index is 3.48. The Kier molecular flexibility index (Phi) is 6.73. The van der Waals surface area contributed by atoms with Crippen molar-refractivity contribution in [2.45, 2.75) is 51.0 Å². The molecule has 1 aromatic carbocycles. The summed E-state index contributed by atoms with van der Waals surface area (Å²) in [6, 6.07) is 10.0. The first-order valence-corrected chi connectivity index (χ1v) is 8.71. The molecule has 3 rings (SSSR count). The minimum Gasteiger partial charge on any atom is -0.317 e. The lowest BCUT2D eigenvalue weighted by molar-refractivity contribution is 0.176. The van der Waals surface area contributed by atoms with Gasteiger partial charge in [-0.25, -0.2) is 0 Å². The molecule has 1 aromatic rings. The van der Waals surface area contributed by atoms with Crippen LogP contribution in [0.15, 0.2) is 24.3 Å². The van der Waals surface area contributed by atoms with Crippen LogP contribution in [0.1, 0.15) is 49.1 Å². The van der Waals surface area contributed by atoms with Crippen LogP contribution in [0.3, 0.4) is 0 Å². The predicted octanol–water partition coefficient (Wildman–Crippen LogP) is 3.98. The quantitative estimate of drug-likeness (QED) is 0.902. The molecular formula is C19H31ClN2. The second-order valence-electron chi connectivity index (χ2n) is 7.15. The largest absolute Gasteiger partial charge is 0.317 e. The maximum Gasteiger partial charge on any atom is 0.0161 e. The molecule has 1 aliphatic carbocycles. The summed E-state index contributed by atoms with van der Waals surface area (Å²) in [6.07, 6.45) is 6.84. The van der Waals surface area contributed by atoms with Gasteiger partial charge < -0.3 is 10.2 Å². The highest BCUT2D eigenvalue weighted by Crippen LogP contribution is 2.38. The van der Waals surface area contributed by atoms with Crippen LogP contribution in [0.5, 0.6) is 0 Å². The average Bonchev–Trinajstić information content (AvgIpc) is 2.98. The summed E-state index contributed by atoms with van der Waals surface area (Å²) in [5.74, 6) is 1.65. The van der Waals surface area contributed by atoms with Crippen LogP contribution in [-0.2, 0) is 0 Å². The van der Waals surface area contributed by atoms with Crippen LogP contribution in [-0.4, -0.2) is 37.6 Å². The molecule has 0 bridgehead atoms. The van der Waals surface area contributed by atoms with Gasteiger partial charge in [-0.05, 0) is 70.1 Å². The average molecular weight is 323 g/mol. The van der Waals surface area contributed by atoms with Gasteiger partial charge in [0.1, 0.15) is 0 Å². The van der Waals surface area contributed by atoms with Crippen LogP contribution >= 0.6 is 12.4 Å². The summed E-state index contributed by atoms with van der Waals surface area (Å²) in [4.78, 5) is 2.67. The van der Waals surface area contributed by atoms with E-state index in [0.717, 1.165) is 17.9 Å².